The van der Waals surface area contributed by atoms with Crippen molar-refractivity contribution in [2.45, 2.75) is 25.4 Å². The van der Waals surface area contributed by atoms with Crippen molar-refractivity contribution in [3.63, 3.8) is 0 Å². The predicted molar refractivity (Wildman–Crippen MR) is 108 cm³/mol. The minimum atomic E-state index is -0.924. The van der Waals surface area contributed by atoms with E-state index in [4.69, 9.17) is 62.6 Å². The molecule has 144 valence electrons. The molecule has 4 N–H and O–H groups in total. The van der Waals surface area contributed by atoms with Gasteiger partial charge in [-0.25, -0.2) is 4.79 Å². The van der Waals surface area contributed by atoms with Gasteiger partial charge in [0.05, 0.1) is 21.1 Å². The molecule has 0 aliphatic heterocycles. The van der Waals surface area contributed by atoms with Crippen molar-refractivity contribution in [2.75, 3.05) is 0 Å². The summed E-state index contributed by atoms with van der Waals surface area (Å²) in [6.45, 7) is 1.47. The predicted octanol–water partition coefficient (Wildman–Crippen LogP) is 4.31. The van der Waals surface area contributed by atoms with Crippen molar-refractivity contribution in [1.82, 2.24) is 0 Å². The number of carbonyl (C=O) groups excluding carboxylic acids is 2. The van der Waals surface area contributed by atoms with Crippen LogP contribution >= 0.6 is 46.4 Å². The van der Waals surface area contributed by atoms with Crippen LogP contribution < -0.4 is 16.2 Å². The second-order valence-electron chi connectivity index (χ2n) is 5.84. The van der Waals surface area contributed by atoms with Gasteiger partial charge in [-0.3, -0.25) is 4.79 Å². The molecule has 0 saturated heterocycles. The molecule has 27 heavy (non-hydrogen) atoms. The van der Waals surface area contributed by atoms with Gasteiger partial charge in [0.15, 0.2) is 11.5 Å². The molecule has 0 bridgehead atoms. The summed E-state index contributed by atoms with van der Waals surface area (Å²) in [7, 11) is 0. The zero-order valence-electron chi connectivity index (χ0n) is 14.1. The number of carbonyl (C=O) groups is 2. The molecule has 0 heterocycles. The maximum atomic E-state index is 12.7. The molecule has 5 nitrogen and oxygen atoms in total. The van der Waals surface area contributed by atoms with Crippen molar-refractivity contribution in [3.05, 3.63) is 61.5 Å². The largest absolute Gasteiger partial charge is 0.424 e. The molecule has 0 saturated carbocycles. The standard InChI is InChI=1S/C18H16Cl4N2O3/c1-8(23)18(26)27-13-6-5-10(15(21)16(13)22)17(25)12(24)7-9-3-2-4-11(19)14(9)20/h2-6,8,12H,7,23-24H2,1H3/t8-,12-/m0/s1. The van der Waals surface area contributed by atoms with Crippen LogP contribution in [0, 0.1) is 0 Å². The van der Waals surface area contributed by atoms with E-state index < -0.39 is 23.8 Å². The molecule has 9 heteroatoms. The van der Waals surface area contributed by atoms with Crippen LogP contribution in [0.3, 0.4) is 0 Å². The Morgan fingerprint density at radius 3 is 2.30 bits per heavy atom. The topological polar surface area (TPSA) is 95.4 Å². The van der Waals surface area contributed by atoms with Crippen molar-refractivity contribution in [1.29, 1.82) is 0 Å². The summed E-state index contributed by atoms with van der Waals surface area (Å²) in [5.41, 5.74) is 12.2. The maximum Gasteiger partial charge on any atom is 0.328 e. The zero-order chi connectivity index (χ0) is 20.3. The fraction of sp³-hybridized carbons (Fsp3) is 0.222. The van der Waals surface area contributed by atoms with E-state index in [0.29, 0.717) is 15.6 Å². The fourth-order valence-electron chi connectivity index (χ4n) is 2.24. The van der Waals surface area contributed by atoms with E-state index >= 15 is 0 Å². The Morgan fingerprint density at radius 2 is 1.67 bits per heavy atom. The number of esters is 1. The molecule has 0 amide bonds. The van der Waals surface area contributed by atoms with Gasteiger partial charge in [-0.1, -0.05) is 58.5 Å². The first-order chi connectivity index (χ1) is 12.6. The van der Waals surface area contributed by atoms with Crippen LogP contribution in [0.25, 0.3) is 0 Å². The van der Waals surface area contributed by atoms with Gasteiger partial charge in [0.1, 0.15) is 11.1 Å². The Balaban J connectivity index is 2.24. The number of nitrogens with two attached hydrogens (primary N) is 2. The van der Waals surface area contributed by atoms with E-state index in [1.54, 1.807) is 18.2 Å². The van der Waals surface area contributed by atoms with E-state index in [1.165, 1.54) is 19.1 Å². The molecule has 2 aromatic carbocycles. The van der Waals surface area contributed by atoms with E-state index in [0.717, 1.165) is 0 Å². The number of Topliss-reactive ketones (excluding diaryl/α,β-unsaturated/α-hetero) is 1. The summed E-state index contributed by atoms with van der Waals surface area (Å²) in [6, 6.07) is 6.07. The van der Waals surface area contributed by atoms with Gasteiger partial charge >= 0.3 is 5.97 Å². The fourth-order valence-corrected chi connectivity index (χ4v) is 3.09. The molecule has 0 unspecified atom stereocenters. The van der Waals surface area contributed by atoms with Crippen LogP contribution in [0.15, 0.2) is 30.3 Å². The van der Waals surface area contributed by atoms with Crippen molar-refractivity contribution >= 4 is 58.2 Å². The molecule has 0 aromatic heterocycles. The van der Waals surface area contributed by atoms with Gasteiger partial charge in [0.2, 0.25) is 0 Å². The van der Waals surface area contributed by atoms with Crippen LogP contribution in [-0.4, -0.2) is 23.8 Å². The lowest BCUT2D eigenvalue weighted by Gasteiger charge is -2.15. The molecular formula is C18H16Cl4N2O3. The Bertz CT molecular complexity index is 887. The first-order valence-corrected chi connectivity index (χ1v) is 9.32. The molecule has 2 aromatic rings. The number of hydrogen-bond donors (Lipinski definition) is 2. The molecule has 0 spiro atoms. The molecule has 2 rings (SSSR count). The normalized spacial score (nSPS) is 13.1. The lowest BCUT2D eigenvalue weighted by atomic mass is 9.98. The molecule has 0 aliphatic carbocycles. The summed E-state index contributed by atoms with van der Waals surface area (Å²) < 4.78 is 5.05. The van der Waals surface area contributed by atoms with Gasteiger partial charge in [0.25, 0.3) is 0 Å². The second kappa shape index (κ2) is 9.24. The number of rotatable bonds is 6. The highest BCUT2D eigenvalue weighted by molar-refractivity contribution is 6.45. The minimum absolute atomic E-state index is 0.00646. The quantitative estimate of drug-likeness (QED) is 0.389. The molecular weight excluding hydrogens is 434 g/mol. The zero-order valence-corrected chi connectivity index (χ0v) is 17.2. The van der Waals surface area contributed by atoms with E-state index in [-0.39, 0.29) is 27.8 Å². The summed E-state index contributed by atoms with van der Waals surface area (Å²) in [5.74, 6) is -1.12. The first-order valence-electron chi connectivity index (χ1n) is 7.81. The van der Waals surface area contributed by atoms with Crippen molar-refractivity contribution in [2.24, 2.45) is 11.5 Å². The lowest BCUT2D eigenvalue weighted by molar-refractivity contribution is -0.135. The molecule has 0 aliphatic rings. The Labute approximate surface area is 176 Å². The first kappa shape index (κ1) is 22.0. The number of ether oxygens (including phenoxy) is 1. The van der Waals surface area contributed by atoms with Gasteiger partial charge in [-0.05, 0) is 37.1 Å². The molecule has 2 atom stereocenters. The summed E-state index contributed by atoms with van der Waals surface area (Å²) in [5, 5.41) is 0.564. The van der Waals surface area contributed by atoms with Gasteiger partial charge in [0, 0.05) is 5.56 Å². The number of hydrogen-bond acceptors (Lipinski definition) is 5. The molecule has 0 radical (unpaired) electrons. The monoisotopic (exact) mass is 448 g/mol. The maximum absolute atomic E-state index is 12.7. The Morgan fingerprint density at radius 1 is 1.00 bits per heavy atom. The van der Waals surface area contributed by atoms with E-state index in [1.807, 2.05) is 0 Å². The number of halogens is 4. The Hall–Kier alpha value is -1.34. The smallest absolute Gasteiger partial charge is 0.328 e. The van der Waals surface area contributed by atoms with Gasteiger partial charge in [-0.2, -0.15) is 0 Å². The third-order valence-corrected chi connectivity index (χ3v) is 5.43. The van der Waals surface area contributed by atoms with Crippen LogP contribution in [0.4, 0.5) is 0 Å². The SMILES string of the molecule is C[C@H](N)C(=O)Oc1ccc(C(=O)[C@@H](N)Cc2cccc(Cl)c2Cl)c(Cl)c1Cl. The number of ketones is 1. The van der Waals surface area contributed by atoms with E-state index in [9.17, 15) is 9.59 Å². The summed E-state index contributed by atoms with van der Waals surface area (Å²) in [6.07, 6.45) is 0.160. The van der Waals surface area contributed by atoms with Crippen molar-refractivity contribution in [3.8, 4) is 5.75 Å². The van der Waals surface area contributed by atoms with E-state index in [2.05, 4.69) is 0 Å². The lowest BCUT2D eigenvalue weighted by Crippen LogP contribution is -2.33. The van der Waals surface area contributed by atoms with Gasteiger partial charge < -0.3 is 16.2 Å². The minimum Gasteiger partial charge on any atom is -0.424 e. The number of benzene rings is 2. The van der Waals surface area contributed by atoms with Crippen LogP contribution in [-0.2, 0) is 11.2 Å². The van der Waals surface area contributed by atoms with Crippen LogP contribution in [0.2, 0.25) is 20.1 Å². The van der Waals surface area contributed by atoms with Crippen LogP contribution in [0.1, 0.15) is 22.8 Å². The highest BCUT2D eigenvalue weighted by atomic mass is 35.5. The average molecular weight is 450 g/mol. The highest BCUT2D eigenvalue weighted by Crippen LogP contribution is 2.36. The third kappa shape index (κ3) is 5.13. The highest BCUT2D eigenvalue weighted by Gasteiger charge is 2.24. The molecule has 0 fully saturated rings. The Kier molecular flexibility index (Phi) is 7.51. The average Bonchev–Trinajstić information content (AvgIpc) is 2.62. The van der Waals surface area contributed by atoms with Gasteiger partial charge in [-0.15, -0.1) is 0 Å². The summed E-state index contributed by atoms with van der Waals surface area (Å²) >= 11 is 24.4. The summed E-state index contributed by atoms with van der Waals surface area (Å²) in [4.78, 5) is 24.3. The van der Waals surface area contributed by atoms with Crippen molar-refractivity contribution < 1.29 is 14.3 Å². The van der Waals surface area contributed by atoms with Crippen LogP contribution in [0.5, 0.6) is 5.75 Å². The second-order valence-corrected chi connectivity index (χ2v) is 7.38. The third-order valence-electron chi connectivity index (χ3n) is 3.70.